The Morgan fingerprint density at radius 3 is 2.23 bits per heavy atom. The topological polar surface area (TPSA) is 136 Å². The zero-order valence-electron chi connectivity index (χ0n) is 15.6. The van der Waals surface area contributed by atoms with Crippen molar-refractivity contribution >= 4 is 25.7 Å². The first-order valence-electron chi connectivity index (χ1n) is 8.91. The zero-order chi connectivity index (χ0) is 21.2. The summed E-state index contributed by atoms with van der Waals surface area (Å²) < 4.78 is 61.4. The molecule has 158 valence electrons. The van der Waals surface area contributed by atoms with Crippen molar-refractivity contribution in [3.8, 4) is 5.69 Å². The summed E-state index contributed by atoms with van der Waals surface area (Å²) >= 11 is 0. The van der Waals surface area contributed by atoms with Crippen molar-refractivity contribution in [3.63, 3.8) is 0 Å². The number of para-hydroxylation sites is 2. The van der Waals surface area contributed by atoms with Crippen LogP contribution in [0.2, 0.25) is 0 Å². The smallest absolute Gasteiger partial charge is 0.261 e. The van der Waals surface area contributed by atoms with Crippen molar-refractivity contribution in [2.45, 2.75) is 9.79 Å². The minimum absolute atomic E-state index is 0.0254. The Labute approximate surface area is 173 Å². The lowest BCUT2D eigenvalue weighted by Crippen LogP contribution is -2.40. The van der Waals surface area contributed by atoms with Crippen molar-refractivity contribution in [3.05, 3.63) is 54.9 Å². The molecule has 0 bridgehead atoms. The van der Waals surface area contributed by atoms with Gasteiger partial charge in [0.25, 0.3) is 10.0 Å². The highest BCUT2D eigenvalue weighted by Crippen LogP contribution is 2.24. The predicted octanol–water partition coefficient (Wildman–Crippen LogP) is 0.484. The van der Waals surface area contributed by atoms with E-state index in [1.165, 1.54) is 39.6 Å². The van der Waals surface area contributed by atoms with Gasteiger partial charge in [0.2, 0.25) is 10.0 Å². The van der Waals surface area contributed by atoms with Crippen LogP contribution >= 0.6 is 0 Å². The maximum absolute atomic E-state index is 12.8. The van der Waals surface area contributed by atoms with Crippen molar-refractivity contribution < 1.29 is 21.6 Å². The van der Waals surface area contributed by atoms with Crippen LogP contribution in [-0.4, -0.2) is 67.7 Å². The maximum Gasteiger partial charge on any atom is 0.261 e. The average molecular weight is 451 g/mol. The van der Waals surface area contributed by atoms with Gasteiger partial charge in [-0.05, 0) is 46.8 Å². The molecule has 1 aliphatic heterocycles. The van der Waals surface area contributed by atoms with E-state index < -0.39 is 20.0 Å². The third kappa shape index (κ3) is 4.05. The number of ether oxygens (including phenoxy) is 1. The first-order chi connectivity index (χ1) is 14.4. The predicted molar refractivity (Wildman–Crippen MR) is 106 cm³/mol. The normalized spacial score (nSPS) is 15.7. The Bertz CT molecular complexity index is 1220. The molecule has 30 heavy (non-hydrogen) atoms. The number of anilines is 1. The Balaban J connectivity index is 1.59. The molecule has 1 fully saturated rings. The van der Waals surface area contributed by atoms with Gasteiger partial charge in [-0.3, -0.25) is 4.72 Å². The van der Waals surface area contributed by atoms with Crippen LogP contribution in [-0.2, 0) is 24.8 Å². The standard InChI is InChI=1S/C17H18N6O5S2/c24-29(25,19-16-3-1-2-4-17(16)23-13-18-20-21-23)14-5-7-15(8-6-14)30(26,27)22-9-11-28-12-10-22/h1-8,13,19H,9-12H2. The quantitative estimate of drug-likeness (QED) is 0.573. The van der Waals surface area contributed by atoms with Crippen molar-refractivity contribution in [1.29, 1.82) is 0 Å². The lowest BCUT2D eigenvalue weighted by Gasteiger charge is -2.26. The van der Waals surface area contributed by atoms with E-state index in [4.69, 9.17) is 4.74 Å². The van der Waals surface area contributed by atoms with Crippen LogP contribution in [0, 0.1) is 0 Å². The van der Waals surface area contributed by atoms with Gasteiger partial charge < -0.3 is 4.74 Å². The second-order valence-corrected chi connectivity index (χ2v) is 9.99. The first-order valence-corrected chi connectivity index (χ1v) is 11.8. The van der Waals surface area contributed by atoms with Gasteiger partial charge in [0.15, 0.2) is 0 Å². The fraction of sp³-hybridized carbons (Fsp3) is 0.235. The summed E-state index contributed by atoms with van der Waals surface area (Å²) in [6.45, 7) is 1.18. The highest BCUT2D eigenvalue weighted by atomic mass is 32.2. The van der Waals surface area contributed by atoms with Gasteiger partial charge in [0.1, 0.15) is 6.33 Å². The molecule has 1 aromatic heterocycles. The van der Waals surface area contributed by atoms with E-state index in [0.29, 0.717) is 18.9 Å². The summed E-state index contributed by atoms with van der Waals surface area (Å²) in [7, 11) is -7.68. The van der Waals surface area contributed by atoms with E-state index in [-0.39, 0.29) is 28.6 Å². The summed E-state index contributed by atoms with van der Waals surface area (Å²) in [4.78, 5) is -0.0487. The SMILES string of the molecule is O=S(=O)(Nc1ccccc1-n1cnnn1)c1ccc(S(=O)(=O)N2CCOCC2)cc1. The summed E-state index contributed by atoms with van der Waals surface area (Å²) in [5.74, 6) is 0. The van der Waals surface area contributed by atoms with Gasteiger partial charge in [-0.25, -0.2) is 16.8 Å². The molecule has 2 heterocycles. The number of hydrogen-bond acceptors (Lipinski definition) is 8. The second-order valence-electron chi connectivity index (χ2n) is 6.36. The van der Waals surface area contributed by atoms with Crippen LogP contribution in [0.25, 0.3) is 5.69 Å². The molecule has 11 nitrogen and oxygen atoms in total. The number of benzene rings is 2. The molecule has 0 saturated carbocycles. The number of morpholine rings is 1. The monoisotopic (exact) mass is 450 g/mol. The Kier molecular flexibility index (Phi) is 5.51. The summed E-state index contributed by atoms with van der Waals surface area (Å²) in [6.07, 6.45) is 1.35. The lowest BCUT2D eigenvalue weighted by atomic mass is 10.3. The number of aromatic nitrogens is 4. The molecule has 3 aromatic rings. The zero-order valence-corrected chi connectivity index (χ0v) is 17.3. The third-order valence-electron chi connectivity index (χ3n) is 4.49. The highest BCUT2D eigenvalue weighted by Gasteiger charge is 2.27. The van der Waals surface area contributed by atoms with Crippen molar-refractivity contribution in [2.75, 3.05) is 31.0 Å². The van der Waals surface area contributed by atoms with Crippen LogP contribution in [0.4, 0.5) is 5.69 Å². The summed E-state index contributed by atoms with van der Waals surface area (Å²) in [5.41, 5.74) is 0.715. The number of tetrazole rings is 1. The van der Waals surface area contributed by atoms with E-state index in [1.807, 2.05) is 0 Å². The third-order valence-corrected chi connectivity index (χ3v) is 7.78. The van der Waals surface area contributed by atoms with Gasteiger partial charge in [-0.15, -0.1) is 5.10 Å². The molecule has 2 aromatic carbocycles. The van der Waals surface area contributed by atoms with Gasteiger partial charge in [0.05, 0.1) is 34.4 Å². The van der Waals surface area contributed by atoms with Crippen LogP contribution in [0.1, 0.15) is 0 Å². The molecule has 0 aliphatic carbocycles. The molecule has 0 radical (unpaired) electrons. The Morgan fingerprint density at radius 1 is 0.900 bits per heavy atom. The van der Waals surface area contributed by atoms with Gasteiger partial charge in [0, 0.05) is 13.1 Å². The van der Waals surface area contributed by atoms with Crippen LogP contribution in [0.15, 0.2) is 64.6 Å². The largest absolute Gasteiger partial charge is 0.379 e. The van der Waals surface area contributed by atoms with Crippen LogP contribution in [0.3, 0.4) is 0 Å². The van der Waals surface area contributed by atoms with Crippen molar-refractivity contribution in [1.82, 2.24) is 24.5 Å². The summed E-state index contributed by atoms with van der Waals surface area (Å²) in [5, 5.41) is 10.9. The Morgan fingerprint density at radius 2 is 1.57 bits per heavy atom. The fourth-order valence-corrected chi connectivity index (χ4v) is 5.44. The number of rotatable bonds is 6. The molecule has 1 aliphatic rings. The van der Waals surface area contributed by atoms with E-state index in [2.05, 4.69) is 20.2 Å². The summed E-state index contributed by atoms with van der Waals surface area (Å²) in [6, 6.07) is 11.7. The first kappa shape index (κ1) is 20.4. The van der Waals surface area contributed by atoms with Crippen molar-refractivity contribution in [2.24, 2.45) is 0 Å². The molecular formula is C17H18N6O5S2. The molecule has 0 atom stereocenters. The molecule has 0 spiro atoms. The second kappa shape index (κ2) is 8.10. The number of nitrogens with one attached hydrogen (secondary N) is 1. The molecule has 0 unspecified atom stereocenters. The molecule has 0 amide bonds. The highest BCUT2D eigenvalue weighted by molar-refractivity contribution is 7.92. The van der Waals surface area contributed by atoms with E-state index >= 15 is 0 Å². The van der Waals surface area contributed by atoms with Crippen LogP contribution in [0.5, 0.6) is 0 Å². The van der Waals surface area contributed by atoms with E-state index in [0.717, 1.165) is 0 Å². The van der Waals surface area contributed by atoms with E-state index in [1.54, 1.807) is 24.3 Å². The molecule has 13 heteroatoms. The molecule has 4 rings (SSSR count). The van der Waals surface area contributed by atoms with Gasteiger partial charge in [-0.1, -0.05) is 12.1 Å². The number of sulfonamides is 2. The lowest BCUT2D eigenvalue weighted by molar-refractivity contribution is 0.0730. The Hall–Kier alpha value is -2.87. The maximum atomic E-state index is 12.8. The number of nitrogens with zero attached hydrogens (tertiary/aromatic N) is 5. The minimum Gasteiger partial charge on any atom is -0.379 e. The minimum atomic E-state index is -3.97. The average Bonchev–Trinajstić information content (AvgIpc) is 3.29. The van der Waals surface area contributed by atoms with E-state index in [9.17, 15) is 16.8 Å². The fourth-order valence-electron chi connectivity index (χ4n) is 2.96. The molecular weight excluding hydrogens is 432 g/mol. The van der Waals surface area contributed by atoms with Gasteiger partial charge >= 0.3 is 0 Å². The van der Waals surface area contributed by atoms with Crippen LogP contribution < -0.4 is 4.72 Å². The molecule has 1 saturated heterocycles. The number of hydrogen-bond donors (Lipinski definition) is 1. The van der Waals surface area contributed by atoms with Gasteiger partial charge in [-0.2, -0.15) is 8.99 Å². The molecule has 1 N–H and O–H groups in total.